The SMILES string of the molecule is Cc1cccc(COc2ccc(Br)cc2/C=N/NC(=O)c2ccc(-n3c(C)ccc3-c3ccccc3)cc2)c1. The number of aromatic nitrogens is 1. The van der Waals surface area contributed by atoms with Crippen molar-refractivity contribution in [3.8, 4) is 22.7 Å². The Balaban J connectivity index is 1.27. The summed E-state index contributed by atoms with van der Waals surface area (Å²) in [6.07, 6.45) is 1.60. The summed E-state index contributed by atoms with van der Waals surface area (Å²) in [6, 6.07) is 35.9. The molecule has 5 nitrogen and oxygen atoms in total. The van der Waals surface area contributed by atoms with Gasteiger partial charge in [0.2, 0.25) is 0 Å². The van der Waals surface area contributed by atoms with Gasteiger partial charge in [-0.3, -0.25) is 4.79 Å². The molecule has 0 unspecified atom stereocenters. The van der Waals surface area contributed by atoms with Gasteiger partial charge in [0.25, 0.3) is 5.91 Å². The minimum atomic E-state index is -0.289. The number of amides is 1. The van der Waals surface area contributed by atoms with Gasteiger partial charge in [-0.05, 0) is 79.6 Å². The lowest BCUT2D eigenvalue weighted by molar-refractivity contribution is 0.0955. The molecule has 0 atom stereocenters. The van der Waals surface area contributed by atoms with Gasteiger partial charge in [0.15, 0.2) is 0 Å². The highest BCUT2D eigenvalue weighted by atomic mass is 79.9. The van der Waals surface area contributed by atoms with Crippen LogP contribution in [0.1, 0.15) is 32.7 Å². The molecule has 1 aromatic heterocycles. The Kier molecular flexibility index (Phi) is 8.04. The molecule has 39 heavy (non-hydrogen) atoms. The van der Waals surface area contributed by atoms with Crippen molar-refractivity contribution in [1.29, 1.82) is 0 Å². The Hall–Kier alpha value is -4.42. The Morgan fingerprint density at radius 1 is 0.897 bits per heavy atom. The van der Waals surface area contributed by atoms with Gasteiger partial charge in [-0.2, -0.15) is 5.10 Å². The monoisotopic (exact) mass is 577 g/mol. The van der Waals surface area contributed by atoms with E-state index in [1.807, 2.05) is 72.8 Å². The van der Waals surface area contributed by atoms with Crippen LogP contribution in [0.2, 0.25) is 0 Å². The molecule has 0 fully saturated rings. The van der Waals surface area contributed by atoms with Gasteiger partial charge >= 0.3 is 0 Å². The van der Waals surface area contributed by atoms with Gasteiger partial charge < -0.3 is 9.30 Å². The number of ether oxygens (including phenoxy) is 1. The number of carbonyl (C=O) groups is 1. The third kappa shape index (κ3) is 6.36. The van der Waals surface area contributed by atoms with E-state index in [0.29, 0.717) is 17.9 Å². The summed E-state index contributed by atoms with van der Waals surface area (Å²) in [4.78, 5) is 12.8. The molecule has 0 spiro atoms. The lowest BCUT2D eigenvalue weighted by Gasteiger charge is -2.13. The fourth-order valence-electron chi connectivity index (χ4n) is 4.42. The molecular formula is C33H28BrN3O2. The number of halogens is 1. The summed E-state index contributed by atoms with van der Waals surface area (Å²) in [6.45, 7) is 4.57. The predicted molar refractivity (Wildman–Crippen MR) is 161 cm³/mol. The number of benzene rings is 4. The van der Waals surface area contributed by atoms with Crippen LogP contribution in [0.25, 0.3) is 16.9 Å². The maximum absolute atomic E-state index is 12.8. The van der Waals surface area contributed by atoms with Gasteiger partial charge in [0.1, 0.15) is 12.4 Å². The highest BCUT2D eigenvalue weighted by Gasteiger charge is 2.11. The molecule has 0 saturated carbocycles. The van der Waals surface area contributed by atoms with Gasteiger partial charge in [-0.15, -0.1) is 0 Å². The third-order valence-electron chi connectivity index (χ3n) is 6.35. The number of carbonyl (C=O) groups excluding carboxylic acids is 1. The molecule has 0 aliphatic carbocycles. The molecule has 5 rings (SSSR count). The summed E-state index contributed by atoms with van der Waals surface area (Å²) < 4.78 is 9.12. The van der Waals surface area contributed by atoms with Crippen LogP contribution in [-0.2, 0) is 6.61 Å². The average Bonchev–Trinajstić information content (AvgIpc) is 3.34. The molecule has 194 valence electrons. The molecule has 0 bridgehead atoms. The molecule has 1 heterocycles. The summed E-state index contributed by atoms with van der Waals surface area (Å²) in [5, 5.41) is 4.20. The zero-order valence-electron chi connectivity index (χ0n) is 21.8. The highest BCUT2D eigenvalue weighted by Crippen LogP contribution is 2.27. The zero-order chi connectivity index (χ0) is 27.2. The minimum Gasteiger partial charge on any atom is -0.488 e. The second-order valence-electron chi connectivity index (χ2n) is 9.27. The zero-order valence-corrected chi connectivity index (χ0v) is 23.4. The van der Waals surface area contributed by atoms with E-state index >= 15 is 0 Å². The van der Waals surface area contributed by atoms with Crippen LogP contribution >= 0.6 is 15.9 Å². The highest BCUT2D eigenvalue weighted by molar-refractivity contribution is 9.10. The Bertz CT molecular complexity index is 1620. The van der Waals surface area contributed by atoms with E-state index in [0.717, 1.165) is 38.2 Å². The van der Waals surface area contributed by atoms with Crippen LogP contribution in [0, 0.1) is 13.8 Å². The van der Waals surface area contributed by atoms with Crippen molar-refractivity contribution < 1.29 is 9.53 Å². The van der Waals surface area contributed by atoms with E-state index in [2.05, 4.69) is 81.3 Å². The maximum Gasteiger partial charge on any atom is 0.271 e. The first-order valence-corrected chi connectivity index (χ1v) is 13.4. The molecule has 0 radical (unpaired) electrons. The first-order chi connectivity index (χ1) is 19.0. The standard InChI is InChI=1S/C33H28BrN3O2/c1-23-7-6-8-25(19-23)22-39-32-18-14-29(34)20-28(32)21-35-36-33(38)27-12-15-30(16-13-27)37-24(2)11-17-31(37)26-9-4-3-5-10-26/h3-21H,22H2,1-2H3,(H,36,38)/b35-21+. The van der Waals surface area contributed by atoms with Crippen molar-refractivity contribution in [3.05, 3.63) is 142 Å². The van der Waals surface area contributed by atoms with Crippen molar-refractivity contribution in [2.45, 2.75) is 20.5 Å². The predicted octanol–water partition coefficient (Wildman–Crippen LogP) is 7.87. The van der Waals surface area contributed by atoms with Crippen molar-refractivity contribution in [2.24, 2.45) is 5.10 Å². The lowest BCUT2D eigenvalue weighted by atomic mass is 10.1. The molecule has 1 N–H and O–H groups in total. The van der Waals surface area contributed by atoms with Crippen LogP contribution in [0.15, 0.2) is 119 Å². The molecule has 0 saturated heterocycles. The van der Waals surface area contributed by atoms with E-state index in [9.17, 15) is 4.79 Å². The third-order valence-corrected chi connectivity index (χ3v) is 6.84. The van der Waals surface area contributed by atoms with Crippen LogP contribution in [0.5, 0.6) is 5.75 Å². The summed E-state index contributed by atoms with van der Waals surface area (Å²) in [5.74, 6) is 0.390. The van der Waals surface area contributed by atoms with E-state index in [-0.39, 0.29) is 5.91 Å². The van der Waals surface area contributed by atoms with Gasteiger partial charge in [0.05, 0.1) is 11.9 Å². The minimum absolute atomic E-state index is 0.289. The Morgan fingerprint density at radius 3 is 2.46 bits per heavy atom. The normalized spacial score (nSPS) is 11.1. The van der Waals surface area contributed by atoms with Crippen LogP contribution in [0.4, 0.5) is 0 Å². The molecule has 6 heteroatoms. The Morgan fingerprint density at radius 2 is 1.69 bits per heavy atom. The fourth-order valence-corrected chi connectivity index (χ4v) is 4.80. The molecule has 1 amide bonds. The number of nitrogens with zero attached hydrogens (tertiary/aromatic N) is 2. The fraction of sp³-hybridized carbons (Fsp3) is 0.0909. The number of hydrogen-bond donors (Lipinski definition) is 1. The maximum atomic E-state index is 12.8. The summed E-state index contributed by atoms with van der Waals surface area (Å²) in [7, 11) is 0. The first kappa shape index (κ1) is 26.2. The summed E-state index contributed by atoms with van der Waals surface area (Å²) >= 11 is 3.50. The van der Waals surface area contributed by atoms with Gasteiger partial charge in [0, 0.05) is 27.0 Å². The number of hydrogen-bond acceptors (Lipinski definition) is 3. The number of hydrazone groups is 1. The van der Waals surface area contributed by atoms with Gasteiger partial charge in [-0.25, -0.2) is 5.43 Å². The van der Waals surface area contributed by atoms with E-state index in [1.165, 1.54) is 5.56 Å². The number of aryl methyl sites for hydroxylation is 2. The quantitative estimate of drug-likeness (QED) is 0.151. The largest absolute Gasteiger partial charge is 0.488 e. The van der Waals surface area contributed by atoms with Crippen molar-refractivity contribution in [2.75, 3.05) is 0 Å². The first-order valence-electron chi connectivity index (χ1n) is 12.6. The van der Waals surface area contributed by atoms with E-state index in [4.69, 9.17) is 4.74 Å². The Labute approximate surface area is 236 Å². The smallest absolute Gasteiger partial charge is 0.271 e. The van der Waals surface area contributed by atoms with Gasteiger partial charge in [-0.1, -0.05) is 76.1 Å². The van der Waals surface area contributed by atoms with Crippen molar-refractivity contribution >= 4 is 28.1 Å². The topological polar surface area (TPSA) is 55.6 Å². The van der Waals surface area contributed by atoms with Crippen molar-refractivity contribution in [1.82, 2.24) is 9.99 Å². The summed E-state index contributed by atoms with van der Waals surface area (Å²) in [5.41, 5.74) is 10.5. The van der Waals surface area contributed by atoms with Crippen LogP contribution in [0.3, 0.4) is 0 Å². The molecule has 0 aliphatic heterocycles. The van der Waals surface area contributed by atoms with Crippen molar-refractivity contribution in [3.63, 3.8) is 0 Å². The van der Waals surface area contributed by atoms with Crippen LogP contribution < -0.4 is 10.2 Å². The second kappa shape index (κ2) is 12.0. The number of rotatable bonds is 8. The van der Waals surface area contributed by atoms with Crippen LogP contribution in [-0.4, -0.2) is 16.7 Å². The second-order valence-corrected chi connectivity index (χ2v) is 10.2. The average molecular weight is 579 g/mol. The van der Waals surface area contributed by atoms with E-state index < -0.39 is 0 Å². The molecular weight excluding hydrogens is 550 g/mol. The molecule has 5 aromatic rings. The number of nitrogens with one attached hydrogen (secondary N) is 1. The van der Waals surface area contributed by atoms with E-state index in [1.54, 1.807) is 6.21 Å². The molecule has 0 aliphatic rings. The lowest BCUT2D eigenvalue weighted by Crippen LogP contribution is -2.17. The molecule has 4 aromatic carbocycles.